The van der Waals surface area contributed by atoms with Gasteiger partial charge in [0.05, 0.1) is 0 Å². The highest BCUT2D eigenvalue weighted by atomic mass is 32.2. The number of hydrogen-bond donors (Lipinski definition) is 1. The van der Waals surface area contributed by atoms with Crippen LogP contribution >= 0.6 is 11.8 Å². The molecule has 2 aliphatic heterocycles. The van der Waals surface area contributed by atoms with E-state index in [4.69, 9.17) is 0 Å². The van der Waals surface area contributed by atoms with Crippen LogP contribution in [0.1, 0.15) is 27.9 Å². The molecular weight excluding hydrogens is 416 g/mol. The van der Waals surface area contributed by atoms with Gasteiger partial charge in [-0.2, -0.15) is 11.8 Å². The highest BCUT2D eigenvalue weighted by Gasteiger charge is 2.25. The summed E-state index contributed by atoms with van der Waals surface area (Å²) in [6.07, 6.45) is 2.97. The molecule has 32 heavy (non-hydrogen) atoms. The Morgan fingerprint density at radius 2 is 1.69 bits per heavy atom. The Morgan fingerprint density at radius 3 is 2.44 bits per heavy atom. The van der Waals surface area contributed by atoms with Crippen molar-refractivity contribution in [2.24, 2.45) is 0 Å². The number of fused-ring (bicyclic) bond motifs is 1. The number of benzene rings is 2. The molecule has 1 atom stereocenters. The highest BCUT2D eigenvalue weighted by molar-refractivity contribution is 7.99. The molecule has 5 rings (SSSR count). The zero-order chi connectivity index (χ0) is 21.9. The molecular formula is C26H34N4OS. The van der Waals surface area contributed by atoms with E-state index in [9.17, 15) is 4.79 Å². The van der Waals surface area contributed by atoms with Gasteiger partial charge in [-0.05, 0) is 67.8 Å². The van der Waals surface area contributed by atoms with Gasteiger partial charge in [-0.3, -0.25) is 4.79 Å². The van der Waals surface area contributed by atoms with Crippen molar-refractivity contribution in [3.63, 3.8) is 0 Å². The number of nitrogens with zero attached hydrogens (tertiary/aromatic N) is 3. The first-order valence-corrected chi connectivity index (χ1v) is 13.1. The highest BCUT2D eigenvalue weighted by Crippen LogP contribution is 2.31. The van der Waals surface area contributed by atoms with Crippen molar-refractivity contribution in [2.75, 3.05) is 67.6 Å². The molecule has 2 heterocycles. The molecule has 1 N–H and O–H groups in total. The van der Waals surface area contributed by atoms with Gasteiger partial charge in [-0.1, -0.05) is 12.1 Å². The Balaban J connectivity index is 1.24. The smallest absolute Gasteiger partial charge is 0.251 e. The van der Waals surface area contributed by atoms with E-state index in [1.165, 1.54) is 34.0 Å². The van der Waals surface area contributed by atoms with Crippen molar-refractivity contribution in [1.29, 1.82) is 0 Å². The lowest BCUT2D eigenvalue weighted by Crippen LogP contribution is -2.45. The molecule has 170 valence electrons. The zero-order valence-corrected chi connectivity index (χ0v) is 19.9. The van der Waals surface area contributed by atoms with Crippen molar-refractivity contribution in [3.05, 3.63) is 59.2 Å². The monoisotopic (exact) mass is 450 g/mol. The van der Waals surface area contributed by atoms with Gasteiger partial charge in [0.15, 0.2) is 0 Å². The molecule has 0 radical (unpaired) electrons. The number of nitrogens with one attached hydrogen (secondary N) is 1. The summed E-state index contributed by atoms with van der Waals surface area (Å²) in [7, 11) is 2.20. The minimum atomic E-state index is 0.0521. The number of hydrogen-bond acceptors (Lipinski definition) is 5. The summed E-state index contributed by atoms with van der Waals surface area (Å²) in [5, 5.41) is 3.33. The predicted molar refractivity (Wildman–Crippen MR) is 135 cm³/mol. The average Bonchev–Trinajstić information content (AvgIpc) is 2.85. The maximum atomic E-state index is 13.0. The van der Waals surface area contributed by atoms with Crippen LogP contribution in [0.25, 0.3) is 0 Å². The van der Waals surface area contributed by atoms with E-state index >= 15 is 0 Å². The van der Waals surface area contributed by atoms with Crippen molar-refractivity contribution < 1.29 is 4.79 Å². The SMILES string of the molecule is CN1CCN(c2cccc3c2CC(NC(=O)c2ccc(N4CCSCC4)cc2)CC3)CC1. The molecule has 2 aromatic carbocycles. The number of likely N-dealkylation sites (N-methyl/N-ethyl adjacent to an activating group) is 1. The average molecular weight is 451 g/mol. The second kappa shape index (κ2) is 9.75. The molecule has 2 aromatic rings. The summed E-state index contributed by atoms with van der Waals surface area (Å²) in [5.41, 5.74) is 6.25. The Kier molecular flexibility index (Phi) is 6.60. The fourth-order valence-electron chi connectivity index (χ4n) is 5.15. The third-order valence-corrected chi connectivity index (χ3v) is 8.09. The third kappa shape index (κ3) is 4.76. The largest absolute Gasteiger partial charge is 0.370 e. The minimum absolute atomic E-state index is 0.0521. The summed E-state index contributed by atoms with van der Waals surface area (Å²) in [4.78, 5) is 20.3. The van der Waals surface area contributed by atoms with Gasteiger partial charge in [0.1, 0.15) is 0 Å². The first kappa shape index (κ1) is 21.7. The Hall–Kier alpha value is -2.18. The molecule has 2 fully saturated rings. The van der Waals surface area contributed by atoms with Crippen LogP contribution in [0.3, 0.4) is 0 Å². The van der Waals surface area contributed by atoms with E-state index in [0.29, 0.717) is 0 Å². The topological polar surface area (TPSA) is 38.8 Å². The number of piperazine rings is 1. The van der Waals surface area contributed by atoms with E-state index in [2.05, 4.69) is 57.4 Å². The van der Waals surface area contributed by atoms with Gasteiger partial charge >= 0.3 is 0 Å². The lowest BCUT2D eigenvalue weighted by molar-refractivity contribution is 0.0933. The maximum Gasteiger partial charge on any atom is 0.251 e. The number of thioether (sulfide) groups is 1. The molecule has 2 saturated heterocycles. The van der Waals surface area contributed by atoms with Crippen molar-refractivity contribution in [1.82, 2.24) is 10.2 Å². The molecule has 0 aromatic heterocycles. The number of rotatable bonds is 4. The molecule has 6 heteroatoms. The van der Waals surface area contributed by atoms with Crippen molar-refractivity contribution >= 4 is 29.0 Å². The minimum Gasteiger partial charge on any atom is -0.370 e. The Labute approximate surface area is 196 Å². The summed E-state index contributed by atoms with van der Waals surface area (Å²) >= 11 is 2.02. The maximum absolute atomic E-state index is 13.0. The molecule has 0 spiro atoms. The third-order valence-electron chi connectivity index (χ3n) is 7.15. The Morgan fingerprint density at radius 1 is 0.938 bits per heavy atom. The van der Waals surface area contributed by atoms with Gasteiger partial charge in [0.25, 0.3) is 5.91 Å². The normalized spacial score (nSPS) is 21.8. The van der Waals surface area contributed by atoms with Crippen LogP contribution in [0.4, 0.5) is 11.4 Å². The van der Waals surface area contributed by atoms with Gasteiger partial charge in [0, 0.05) is 73.8 Å². The summed E-state index contributed by atoms with van der Waals surface area (Å²) in [6.45, 7) is 6.55. The Bertz CT molecular complexity index is 933. The lowest BCUT2D eigenvalue weighted by atomic mass is 9.86. The second-order valence-corrected chi connectivity index (χ2v) is 10.5. The number of aryl methyl sites for hydroxylation is 1. The van der Waals surface area contributed by atoms with E-state index < -0.39 is 0 Å². The van der Waals surface area contributed by atoms with Gasteiger partial charge < -0.3 is 20.0 Å². The van der Waals surface area contributed by atoms with Gasteiger partial charge in [0.2, 0.25) is 0 Å². The van der Waals surface area contributed by atoms with Crippen molar-refractivity contribution in [2.45, 2.75) is 25.3 Å². The van der Waals surface area contributed by atoms with Crippen LogP contribution in [-0.4, -0.2) is 74.7 Å². The van der Waals surface area contributed by atoms with Crippen LogP contribution in [0.5, 0.6) is 0 Å². The first-order chi connectivity index (χ1) is 15.7. The van der Waals surface area contributed by atoms with Gasteiger partial charge in [-0.25, -0.2) is 0 Å². The summed E-state index contributed by atoms with van der Waals surface area (Å²) < 4.78 is 0. The number of carbonyl (C=O) groups is 1. The van der Waals surface area contributed by atoms with E-state index in [0.717, 1.165) is 64.1 Å². The van der Waals surface area contributed by atoms with Gasteiger partial charge in [-0.15, -0.1) is 0 Å². The summed E-state index contributed by atoms with van der Waals surface area (Å²) in [5.74, 6) is 2.42. The van der Waals surface area contributed by atoms with Crippen LogP contribution in [-0.2, 0) is 12.8 Å². The summed E-state index contributed by atoms with van der Waals surface area (Å²) in [6, 6.07) is 15.1. The van der Waals surface area contributed by atoms with Crippen LogP contribution in [0.2, 0.25) is 0 Å². The zero-order valence-electron chi connectivity index (χ0n) is 19.1. The van der Waals surface area contributed by atoms with Crippen LogP contribution < -0.4 is 15.1 Å². The number of anilines is 2. The van der Waals surface area contributed by atoms with E-state index in [1.54, 1.807) is 0 Å². The molecule has 1 unspecified atom stereocenters. The fraction of sp³-hybridized carbons (Fsp3) is 0.500. The lowest BCUT2D eigenvalue weighted by Gasteiger charge is -2.37. The fourth-order valence-corrected chi connectivity index (χ4v) is 6.05. The van der Waals surface area contributed by atoms with E-state index in [-0.39, 0.29) is 11.9 Å². The quantitative estimate of drug-likeness (QED) is 0.774. The number of amides is 1. The molecule has 5 nitrogen and oxygen atoms in total. The van der Waals surface area contributed by atoms with E-state index in [1.807, 2.05) is 23.9 Å². The molecule has 0 saturated carbocycles. The first-order valence-electron chi connectivity index (χ1n) is 12.0. The van der Waals surface area contributed by atoms with Crippen LogP contribution in [0, 0.1) is 0 Å². The molecule has 1 amide bonds. The molecule has 3 aliphatic rings. The van der Waals surface area contributed by atoms with Crippen molar-refractivity contribution in [3.8, 4) is 0 Å². The predicted octanol–water partition coefficient (Wildman–Crippen LogP) is 3.28. The standard InChI is InChI=1S/C26H34N4OS/c1-28-11-13-30(14-12-28)25-4-2-3-20-5-8-22(19-24(20)25)27-26(31)21-6-9-23(10-7-21)29-15-17-32-18-16-29/h2-4,6-7,9-10,22H,5,8,11-19H2,1H3,(H,27,31). The molecule has 1 aliphatic carbocycles. The van der Waals surface area contributed by atoms with Crippen LogP contribution in [0.15, 0.2) is 42.5 Å². The molecule has 0 bridgehead atoms. The second-order valence-electron chi connectivity index (χ2n) is 9.26. The number of carbonyl (C=O) groups excluding carboxylic acids is 1.